The molecule has 0 saturated heterocycles. The molecule has 0 aromatic rings. The van der Waals surface area contributed by atoms with Gasteiger partial charge in [0.15, 0.2) is 0 Å². The van der Waals surface area contributed by atoms with E-state index in [1.807, 2.05) is 0 Å². The standard InChI is InChI=1S/C10H18O5.2C4H6O2/c1-7(2)10(14)15-6-9(5-13)8(3-11)4-12;2*1-3(2)4(5)6/h8-9,11-13H,1,3-6H2,2H3;2*1H2,2H3,(H,5,6). The molecule has 0 aliphatic rings. The molecule has 9 nitrogen and oxygen atoms in total. The van der Waals surface area contributed by atoms with Gasteiger partial charge in [-0.25, -0.2) is 14.4 Å². The number of carbonyl (C=O) groups is 3. The zero-order valence-corrected chi connectivity index (χ0v) is 16.0. The number of hydrogen-bond acceptors (Lipinski definition) is 7. The summed E-state index contributed by atoms with van der Waals surface area (Å²) in [5.74, 6) is -3.34. The number of hydrogen-bond donors (Lipinski definition) is 5. The summed E-state index contributed by atoms with van der Waals surface area (Å²) in [6.07, 6.45) is 0. The Labute approximate surface area is 158 Å². The average Bonchev–Trinajstić information content (AvgIpc) is 2.58. The molecule has 0 rings (SSSR count). The Bertz CT molecular complexity index is 471. The molecule has 1 atom stereocenters. The molecule has 27 heavy (non-hydrogen) atoms. The molecule has 0 aromatic heterocycles. The first-order valence-corrected chi connectivity index (χ1v) is 7.78. The van der Waals surface area contributed by atoms with Crippen molar-refractivity contribution in [1.82, 2.24) is 0 Å². The van der Waals surface area contributed by atoms with Gasteiger partial charge in [0.25, 0.3) is 0 Å². The minimum atomic E-state index is -0.935. The van der Waals surface area contributed by atoms with Crippen molar-refractivity contribution >= 4 is 17.9 Å². The lowest BCUT2D eigenvalue weighted by Crippen LogP contribution is -2.30. The summed E-state index contributed by atoms with van der Waals surface area (Å²) in [6.45, 7) is 13.3. The Morgan fingerprint density at radius 3 is 1.22 bits per heavy atom. The van der Waals surface area contributed by atoms with Crippen LogP contribution < -0.4 is 0 Å². The molecule has 0 aromatic carbocycles. The monoisotopic (exact) mass is 390 g/mol. The Morgan fingerprint density at radius 1 is 0.741 bits per heavy atom. The van der Waals surface area contributed by atoms with Crippen molar-refractivity contribution in [2.24, 2.45) is 11.8 Å². The third kappa shape index (κ3) is 18.1. The molecule has 0 aliphatic heterocycles. The van der Waals surface area contributed by atoms with Crippen LogP contribution in [0.15, 0.2) is 36.5 Å². The maximum absolute atomic E-state index is 11.0. The summed E-state index contributed by atoms with van der Waals surface area (Å²) >= 11 is 0. The molecule has 0 spiro atoms. The minimum absolute atomic E-state index is 0.0337. The maximum atomic E-state index is 11.0. The Hall–Kier alpha value is -2.49. The number of aliphatic hydroxyl groups excluding tert-OH is 3. The summed E-state index contributed by atoms with van der Waals surface area (Å²) in [7, 11) is 0. The van der Waals surface area contributed by atoms with Gasteiger partial charge < -0.3 is 30.3 Å². The van der Waals surface area contributed by atoms with E-state index in [2.05, 4.69) is 19.7 Å². The second-order valence-corrected chi connectivity index (χ2v) is 5.62. The maximum Gasteiger partial charge on any atom is 0.333 e. The SMILES string of the molecule is C=C(C)C(=O)O.C=C(C)C(=O)O.C=C(C)C(=O)OCC(CO)C(CO)CO. The third-order valence-corrected chi connectivity index (χ3v) is 2.88. The largest absolute Gasteiger partial charge is 0.478 e. The van der Waals surface area contributed by atoms with E-state index in [1.54, 1.807) is 0 Å². The van der Waals surface area contributed by atoms with Gasteiger partial charge in [0.05, 0.1) is 6.61 Å². The molecule has 9 heteroatoms. The highest BCUT2D eigenvalue weighted by molar-refractivity contribution is 5.87. The van der Waals surface area contributed by atoms with Crippen LogP contribution in [0.5, 0.6) is 0 Å². The van der Waals surface area contributed by atoms with Crippen LogP contribution in [0.2, 0.25) is 0 Å². The van der Waals surface area contributed by atoms with E-state index >= 15 is 0 Å². The Balaban J connectivity index is -0.000000394. The smallest absolute Gasteiger partial charge is 0.333 e. The summed E-state index contributed by atoms with van der Waals surface area (Å²) in [5, 5.41) is 42.5. The molecule has 0 saturated carbocycles. The lowest BCUT2D eigenvalue weighted by atomic mass is 9.95. The van der Waals surface area contributed by atoms with E-state index in [-0.39, 0.29) is 43.1 Å². The van der Waals surface area contributed by atoms with Crippen molar-refractivity contribution < 1.29 is 44.7 Å². The van der Waals surface area contributed by atoms with Crippen molar-refractivity contribution in [3.8, 4) is 0 Å². The average molecular weight is 390 g/mol. The first-order valence-electron chi connectivity index (χ1n) is 7.78. The van der Waals surface area contributed by atoms with Crippen LogP contribution >= 0.6 is 0 Å². The summed E-state index contributed by atoms with van der Waals surface area (Å²) in [4.78, 5) is 30.2. The van der Waals surface area contributed by atoms with Gasteiger partial charge >= 0.3 is 17.9 Å². The number of rotatable bonds is 9. The molecular formula is C18H30O9. The predicted octanol–water partition coefficient (Wildman–Crippen LogP) is 0.609. The number of carboxylic acid groups (broad SMARTS) is 2. The van der Waals surface area contributed by atoms with E-state index in [0.717, 1.165) is 0 Å². The van der Waals surface area contributed by atoms with Crippen molar-refractivity contribution in [3.63, 3.8) is 0 Å². The summed E-state index contributed by atoms with van der Waals surface area (Å²) in [6, 6.07) is 0. The first-order chi connectivity index (χ1) is 12.3. The number of aliphatic hydroxyl groups is 3. The van der Waals surface area contributed by atoms with E-state index in [1.165, 1.54) is 20.8 Å². The van der Waals surface area contributed by atoms with Gasteiger partial charge in [-0.05, 0) is 20.8 Å². The number of esters is 1. The Morgan fingerprint density at radius 2 is 1.04 bits per heavy atom. The molecule has 0 aliphatic carbocycles. The van der Waals surface area contributed by atoms with Crippen LogP contribution in [0, 0.1) is 11.8 Å². The molecular weight excluding hydrogens is 360 g/mol. The molecule has 0 amide bonds. The van der Waals surface area contributed by atoms with Gasteiger partial charge in [-0.3, -0.25) is 0 Å². The Kier molecular flexibility index (Phi) is 18.4. The van der Waals surface area contributed by atoms with Crippen LogP contribution in [0.1, 0.15) is 20.8 Å². The second-order valence-electron chi connectivity index (χ2n) is 5.62. The minimum Gasteiger partial charge on any atom is -0.478 e. The van der Waals surface area contributed by atoms with Gasteiger partial charge in [-0.2, -0.15) is 0 Å². The van der Waals surface area contributed by atoms with Crippen molar-refractivity contribution in [2.45, 2.75) is 20.8 Å². The lowest BCUT2D eigenvalue weighted by molar-refractivity contribution is -0.142. The zero-order valence-electron chi connectivity index (χ0n) is 16.0. The van der Waals surface area contributed by atoms with Gasteiger partial charge in [-0.1, -0.05) is 19.7 Å². The van der Waals surface area contributed by atoms with Crippen LogP contribution in [0.3, 0.4) is 0 Å². The highest BCUT2D eigenvalue weighted by atomic mass is 16.5. The molecule has 0 fully saturated rings. The van der Waals surface area contributed by atoms with Gasteiger partial charge in [0, 0.05) is 48.4 Å². The van der Waals surface area contributed by atoms with Gasteiger partial charge in [0.1, 0.15) is 0 Å². The fourth-order valence-corrected chi connectivity index (χ4v) is 1.000. The normalized spacial score (nSPS) is 10.3. The third-order valence-electron chi connectivity index (χ3n) is 2.88. The van der Waals surface area contributed by atoms with Crippen molar-refractivity contribution in [2.75, 3.05) is 26.4 Å². The van der Waals surface area contributed by atoms with E-state index in [4.69, 9.17) is 30.3 Å². The quantitative estimate of drug-likeness (QED) is 0.280. The topological polar surface area (TPSA) is 162 Å². The molecule has 5 N–H and O–H groups in total. The highest BCUT2D eigenvalue weighted by Gasteiger charge is 2.21. The fourth-order valence-electron chi connectivity index (χ4n) is 1.000. The fraction of sp³-hybridized carbons (Fsp3) is 0.500. The number of ether oxygens (including phenoxy) is 1. The van der Waals surface area contributed by atoms with Crippen molar-refractivity contribution in [3.05, 3.63) is 36.5 Å². The lowest BCUT2D eigenvalue weighted by Gasteiger charge is -2.21. The van der Waals surface area contributed by atoms with Gasteiger partial charge in [0.2, 0.25) is 0 Å². The van der Waals surface area contributed by atoms with Crippen LogP contribution in [0.4, 0.5) is 0 Å². The molecule has 0 radical (unpaired) electrons. The zero-order chi connectivity index (χ0) is 22.2. The highest BCUT2D eigenvalue weighted by Crippen LogP contribution is 2.11. The van der Waals surface area contributed by atoms with E-state index < -0.39 is 29.7 Å². The molecule has 156 valence electrons. The van der Waals surface area contributed by atoms with E-state index in [0.29, 0.717) is 0 Å². The molecule has 1 unspecified atom stereocenters. The van der Waals surface area contributed by atoms with Crippen molar-refractivity contribution in [1.29, 1.82) is 0 Å². The van der Waals surface area contributed by atoms with Crippen LogP contribution in [0.25, 0.3) is 0 Å². The van der Waals surface area contributed by atoms with Crippen LogP contribution in [-0.4, -0.2) is 69.9 Å². The van der Waals surface area contributed by atoms with E-state index in [9.17, 15) is 14.4 Å². The first kappa shape index (κ1) is 29.3. The predicted molar refractivity (Wildman–Crippen MR) is 98.9 cm³/mol. The van der Waals surface area contributed by atoms with Crippen LogP contribution in [-0.2, 0) is 19.1 Å². The second kappa shape index (κ2) is 17.0. The molecule has 0 bridgehead atoms. The number of aliphatic carboxylic acids is 2. The number of carbonyl (C=O) groups excluding carboxylic acids is 1. The molecule has 0 heterocycles. The van der Waals surface area contributed by atoms with Gasteiger partial charge in [-0.15, -0.1) is 0 Å². The summed E-state index contributed by atoms with van der Waals surface area (Å²) < 4.78 is 4.82. The summed E-state index contributed by atoms with van der Waals surface area (Å²) in [5.41, 5.74) is 0.626. The number of carboxylic acids is 2.